The van der Waals surface area contributed by atoms with E-state index in [9.17, 15) is 0 Å². The van der Waals surface area contributed by atoms with Crippen molar-refractivity contribution in [2.24, 2.45) is 0 Å². The molecule has 0 spiro atoms. The highest BCUT2D eigenvalue weighted by Gasteiger charge is 2.33. The summed E-state index contributed by atoms with van der Waals surface area (Å²) in [6.07, 6.45) is 1.03. The molecule has 1 aromatic heterocycles. The van der Waals surface area contributed by atoms with Gasteiger partial charge in [0.15, 0.2) is 5.71 Å². The summed E-state index contributed by atoms with van der Waals surface area (Å²) in [6, 6.07) is 20.1. The van der Waals surface area contributed by atoms with E-state index in [0.29, 0.717) is 5.92 Å². The molecule has 0 atom stereocenters. The van der Waals surface area contributed by atoms with Crippen LogP contribution >= 0.6 is 11.3 Å². The molecule has 1 nitrogen and oxygen atoms in total. The number of rotatable bonds is 2. The third-order valence-electron chi connectivity index (χ3n) is 5.99. The minimum atomic E-state index is 0.511. The van der Waals surface area contributed by atoms with Crippen LogP contribution in [0.25, 0.3) is 20.9 Å². The first-order chi connectivity index (χ1) is 13.1. The molecule has 0 fully saturated rings. The van der Waals surface area contributed by atoms with Crippen molar-refractivity contribution >= 4 is 43.6 Å². The molecule has 0 radical (unpaired) electrons. The Labute approximate surface area is 164 Å². The van der Waals surface area contributed by atoms with Crippen molar-refractivity contribution < 1.29 is 4.58 Å². The molecule has 3 aromatic carbocycles. The second-order valence-electron chi connectivity index (χ2n) is 7.89. The van der Waals surface area contributed by atoms with Crippen LogP contribution in [0.1, 0.15) is 41.3 Å². The van der Waals surface area contributed by atoms with Gasteiger partial charge < -0.3 is 0 Å². The fourth-order valence-electron chi connectivity index (χ4n) is 4.58. The van der Waals surface area contributed by atoms with Crippen molar-refractivity contribution in [1.29, 1.82) is 0 Å². The first-order valence-electron chi connectivity index (χ1n) is 9.69. The number of nitrogens with zero attached hydrogens (tertiary/aromatic N) is 1. The van der Waals surface area contributed by atoms with Crippen molar-refractivity contribution in [2.75, 3.05) is 7.05 Å². The number of benzene rings is 3. The number of hydrogen-bond donors (Lipinski definition) is 0. The van der Waals surface area contributed by atoms with E-state index >= 15 is 0 Å². The Morgan fingerprint density at radius 3 is 2.33 bits per heavy atom. The molecule has 0 aliphatic carbocycles. The second kappa shape index (κ2) is 6.03. The number of aryl methyl sites for hydroxylation is 1. The summed E-state index contributed by atoms with van der Waals surface area (Å²) >= 11 is 1.95. The van der Waals surface area contributed by atoms with Crippen LogP contribution in [-0.2, 0) is 6.42 Å². The molecule has 5 rings (SSSR count). The minimum absolute atomic E-state index is 0.511. The van der Waals surface area contributed by atoms with Gasteiger partial charge in [0.1, 0.15) is 7.05 Å². The van der Waals surface area contributed by atoms with E-state index < -0.39 is 0 Å². The zero-order valence-corrected chi connectivity index (χ0v) is 17.2. The molecule has 0 saturated carbocycles. The van der Waals surface area contributed by atoms with Crippen LogP contribution < -0.4 is 0 Å². The van der Waals surface area contributed by atoms with E-state index in [0.717, 1.165) is 6.42 Å². The molecule has 0 N–H and O–H groups in total. The molecule has 0 amide bonds. The lowest BCUT2D eigenvalue weighted by molar-refractivity contribution is -0.399. The zero-order chi connectivity index (χ0) is 18.7. The van der Waals surface area contributed by atoms with Gasteiger partial charge in [-0.3, -0.25) is 0 Å². The van der Waals surface area contributed by atoms with Gasteiger partial charge in [-0.2, -0.15) is 4.58 Å². The summed E-state index contributed by atoms with van der Waals surface area (Å²) in [7, 11) is 2.24. The first kappa shape index (κ1) is 16.7. The van der Waals surface area contributed by atoms with Crippen LogP contribution in [-0.4, -0.2) is 17.3 Å². The van der Waals surface area contributed by atoms with E-state index in [1.54, 1.807) is 0 Å². The topological polar surface area (TPSA) is 3.01 Å². The molecule has 1 aliphatic heterocycles. The number of hydrogen-bond acceptors (Lipinski definition) is 1. The van der Waals surface area contributed by atoms with Gasteiger partial charge in [-0.05, 0) is 52.9 Å². The molecule has 0 saturated heterocycles. The van der Waals surface area contributed by atoms with Crippen LogP contribution in [0.4, 0.5) is 5.69 Å². The van der Waals surface area contributed by atoms with Gasteiger partial charge in [0, 0.05) is 10.3 Å². The Kier molecular flexibility index (Phi) is 3.73. The average Bonchev–Trinajstić information content (AvgIpc) is 3.19. The van der Waals surface area contributed by atoms with E-state index in [4.69, 9.17) is 0 Å². The van der Waals surface area contributed by atoms with Crippen LogP contribution in [0.5, 0.6) is 0 Å². The normalized spacial score (nSPS) is 14.0. The van der Waals surface area contributed by atoms with Crippen LogP contribution in [0, 0.1) is 6.92 Å². The van der Waals surface area contributed by atoms with Crippen molar-refractivity contribution in [3.63, 3.8) is 0 Å². The Balaban J connectivity index is 1.78. The van der Waals surface area contributed by atoms with E-state index in [1.807, 2.05) is 11.3 Å². The van der Waals surface area contributed by atoms with Gasteiger partial charge in [-0.25, -0.2) is 0 Å². The Bertz CT molecular complexity index is 1240. The predicted molar refractivity (Wildman–Crippen MR) is 118 cm³/mol. The van der Waals surface area contributed by atoms with Gasteiger partial charge in [0.2, 0.25) is 5.69 Å². The highest BCUT2D eigenvalue weighted by atomic mass is 32.1. The van der Waals surface area contributed by atoms with E-state index in [1.165, 1.54) is 53.8 Å². The van der Waals surface area contributed by atoms with Crippen molar-refractivity contribution in [2.45, 2.75) is 33.1 Å². The highest BCUT2D eigenvalue weighted by Crippen LogP contribution is 2.42. The van der Waals surface area contributed by atoms with Gasteiger partial charge in [0.25, 0.3) is 0 Å². The van der Waals surface area contributed by atoms with Crippen molar-refractivity contribution in [3.8, 4) is 0 Å². The first-order valence-corrected chi connectivity index (χ1v) is 10.5. The molecule has 2 heterocycles. The van der Waals surface area contributed by atoms with Crippen molar-refractivity contribution in [1.82, 2.24) is 0 Å². The predicted octanol–water partition coefficient (Wildman–Crippen LogP) is 6.81. The van der Waals surface area contributed by atoms with Crippen molar-refractivity contribution in [3.05, 3.63) is 76.2 Å². The molecule has 0 unspecified atom stereocenters. The third kappa shape index (κ3) is 2.40. The molecule has 2 heteroatoms. The summed E-state index contributed by atoms with van der Waals surface area (Å²) in [4.78, 5) is 1.49. The quantitative estimate of drug-likeness (QED) is 0.341. The largest absolute Gasteiger partial charge is 0.227 e. The lowest BCUT2D eigenvalue weighted by atomic mass is 9.88. The monoisotopic (exact) mass is 370 g/mol. The summed E-state index contributed by atoms with van der Waals surface area (Å²) in [5, 5.41) is 4.17. The average molecular weight is 371 g/mol. The van der Waals surface area contributed by atoms with E-state index in [2.05, 4.69) is 87.0 Å². The maximum Gasteiger partial charge on any atom is 0.227 e. The highest BCUT2D eigenvalue weighted by molar-refractivity contribution is 7.19. The van der Waals surface area contributed by atoms with Crippen LogP contribution in [0.15, 0.2) is 54.6 Å². The Morgan fingerprint density at radius 1 is 0.926 bits per heavy atom. The smallest absolute Gasteiger partial charge is 0.196 e. The molecule has 0 bridgehead atoms. The molecular formula is C25H24NS+. The fourth-order valence-corrected chi connectivity index (χ4v) is 5.82. The fraction of sp³-hybridized carbons (Fsp3) is 0.240. The SMILES string of the molecule is Cc1c(C2=[N+](C)c3c(sc4ccccc34)C2)cc(C(C)C)c2ccccc12. The summed E-state index contributed by atoms with van der Waals surface area (Å²) < 4.78 is 3.83. The number of fused-ring (bicyclic) bond motifs is 4. The van der Waals surface area contributed by atoms with E-state index in [-0.39, 0.29) is 0 Å². The molecular weight excluding hydrogens is 346 g/mol. The standard InChI is InChI=1S/C25H24NS/c1-15(2)20-13-21(16(3)17-9-5-6-10-18(17)20)22-14-24-25(26(22)4)19-11-7-8-12-23(19)27-24/h5-13,15H,14H2,1-4H3/q+1. The third-order valence-corrected chi connectivity index (χ3v) is 7.15. The maximum absolute atomic E-state index is 2.45. The molecule has 27 heavy (non-hydrogen) atoms. The zero-order valence-electron chi connectivity index (χ0n) is 16.3. The maximum atomic E-state index is 2.45. The van der Waals surface area contributed by atoms with Gasteiger partial charge in [-0.1, -0.05) is 50.2 Å². The summed E-state index contributed by atoms with van der Waals surface area (Å²) in [5.41, 5.74) is 7.10. The minimum Gasteiger partial charge on any atom is -0.196 e. The second-order valence-corrected chi connectivity index (χ2v) is 9.03. The van der Waals surface area contributed by atoms with Gasteiger partial charge in [0.05, 0.1) is 16.7 Å². The Hall–Kier alpha value is -2.45. The van der Waals surface area contributed by atoms with Crippen LogP contribution in [0.3, 0.4) is 0 Å². The van der Waals surface area contributed by atoms with Gasteiger partial charge in [-0.15, -0.1) is 11.3 Å². The summed E-state index contributed by atoms with van der Waals surface area (Å²) in [5.74, 6) is 0.511. The molecule has 134 valence electrons. The lowest BCUT2D eigenvalue weighted by Gasteiger charge is -2.15. The lowest BCUT2D eigenvalue weighted by Crippen LogP contribution is -2.13. The van der Waals surface area contributed by atoms with Gasteiger partial charge >= 0.3 is 0 Å². The van der Waals surface area contributed by atoms with Crippen LogP contribution in [0.2, 0.25) is 0 Å². The molecule has 1 aliphatic rings. The Morgan fingerprint density at radius 2 is 1.59 bits per heavy atom. The molecule has 4 aromatic rings. The number of thiophene rings is 1. The summed E-state index contributed by atoms with van der Waals surface area (Å²) in [6.45, 7) is 6.88.